The van der Waals surface area contributed by atoms with E-state index in [1.54, 1.807) is 12.1 Å². The molecule has 0 radical (unpaired) electrons. The highest BCUT2D eigenvalue weighted by atomic mass is 35.5. The second kappa shape index (κ2) is 8.13. The summed E-state index contributed by atoms with van der Waals surface area (Å²) in [5, 5.41) is 4.23. The van der Waals surface area contributed by atoms with Gasteiger partial charge in [0.25, 0.3) is 5.88 Å². The van der Waals surface area contributed by atoms with Crippen LogP contribution >= 0.6 is 23.2 Å². The van der Waals surface area contributed by atoms with Crippen LogP contribution in [-0.4, -0.2) is 72.2 Å². The molecule has 0 amide bonds. The third kappa shape index (κ3) is 4.49. The Morgan fingerprint density at radius 2 is 1.81 bits per heavy atom. The number of benzene rings is 1. The van der Waals surface area contributed by atoms with Crippen LogP contribution in [0.15, 0.2) is 12.1 Å². The van der Waals surface area contributed by atoms with Crippen LogP contribution in [-0.2, 0) is 0 Å². The summed E-state index contributed by atoms with van der Waals surface area (Å²) in [6.07, 6.45) is 0. The number of fused-ring (bicyclic) bond motifs is 1. The number of ether oxygens (including phenoxy) is 1. The number of rotatable bonds is 5. The molecule has 2 heterocycles. The minimum absolute atomic E-state index is 0.204. The van der Waals surface area contributed by atoms with E-state index >= 15 is 0 Å². The lowest BCUT2D eigenvalue weighted by molar-refractivity contribution is 0.0769. The monoisotopic (exact) mass is 397 g/mol. The summed E-state index contributed by atoms with van der Waals surface area (Å²) >= 11 is 12.2. The number of hydrogen-bond donors (Lipinski definition) is 1. The second-order valence-corrected chi connectivity index (χ2v) is 7.95. The normalized spacial score (nSPS) is 19.3. The molecular formula is C18H25Cl2N5O. The largest absolute Gasteiger partial charge is 0.473 e. The zero-order valence-corrected chi connectivity index (χ0v) is 17.1. The van der Waals surface area contributed by atoms with Crippen LogP contribution in [0.1, 0.15) is 13.8 Å². The molecule has 1 aliphatic rings. The highest BCUT2D eigenvalue weighted by Gasteiger charge is 2.24. The van der Waals surface area contributed by atoms with Crippen LogP contribution in [0.4, 0.5) is 5.82 Å². The van der Waals surface area contributed by atoms with Gasteiger partial charge in [-0.15, -0.1) is 0 Å². The molecule has 1 atom stereocenters. The van der Waals surface area contributed by atoms with E-state index in [1.807, 2.05) is 13.8 Å². The van der Waals surface area contributed by atoms with Gasteiger partial charge in [0.1, 0.15) is 6.61 Å². The molecule has 1 aliphatic heterocycles. The predicted molar refractivity (Wildman–Crippen MR) is 108 cm³/mol. The van der Waals surface area contributed by atoms with Gasteiger partial charge in [-0.3, -0.25) is 4.90 Å². The van der Waals surface area contributed by atoms with Crippen molar-refractivity contribution in [1.29, 1.82) is 0 Å². The van der Waals surface area contributed by atoms with Gasteiger partial charge in [0.05, 0.1) is 27.1 Å². The maximum absolute atomic E-state index is 6.13. The molecule has 0 bridgehead atoms. The predicted octanol–water partition coefficient (Wildman–Crippen LogP) is 3.38. The number of likely N-dealkylation sites (N-methyl/N-ethyl adjacent to an activating group) is 2. The SMILES string of the molecule is CC(C)Nc1nc2cc(Cl)c(Cl)cc2nc1OCC1CN(C)CCN1C. The van der Waals surface area contributed by atoms with Crippen LogP contribution in [0.25, 0.3) is 11.0 Å². The zero-order valence-electron chi connectivity index (χ0n) is 15.6. The Labute approximate surface area is 164 Å². The summed E-state index contributed by atoms with van der Waals surface area (Å²) in [7, 11) is 4.26. The zero-order chi connectivity index (χ0) is 18.8. The molecular weight excluding hydrogens is 373 g/mol. The van der Waals surface area contributed by atoms with Crippen molar-refractivity contribution in [2.24, 2.45) is 0 Å². The van der Waals surface area contributed by atoms with Crippen molar-refractivity contribution in [3.8, 4) is 5.88 Å². The second-order valence-electron chi connectivity index (χ2n) is 7.14. The van der Waals surface area contributed by atoms with Crippen molar-refractivity contribution in [3.05, 3.63) is 22.2 Å². The first-order chi connectivity index (χ1) is 12.3. The summed E-state index contributed by atoms with van der Waals surface area (Å²) in [5.41, 5.74) is 1.35. The fraction of sp³-hybridized carbons (Fsp3) is 0.556. The first kappa shape index (κ1) is 19.4. The lowest BCUT2D eigenvalue weighted by Gasteiger charge is -2.37. The average molecular weight is 398 g/mol. The molecule has 142 valence electrons. The van der Waals surface area contributed by atoms with Crippen LogP contribution in [0.3, 0.4) is 0 Å². The Hall–Kier alpha value is -1.34. The van der Waals surface area contributed by atoms with Gasteiger partial charge >= 0.3 is 0 Å². The van der Waals surface area contributed by atoms with Gasteiger partial charge in [0, 0.05) is 25.7 Å². The van der Waals surface area contributed by atoms with Crippen molar-refractivity contribution >= 4 is 40.1 Å². The summed E-state index contributed by atoms with van der Waals surface area (Å²) in [5.74, 6) is 1.11. The molecule has 6 nitrogen and oxygen atoms in total. The molecule has 1 unspecified atom stereocenters. The number of nitrogens with zero attached hydrogens (tertiary/aromatic N) is 4. The Morgan fingerprint density at radius 1 is 1.15 bits per heavy atom. The van der Waals surface area contributed by atoms with Crippen molar-refractivity contribution in [3.63, 3.8) is 0 Å². The maximum Gasteiger partial charge on any atom is 0.258 e. The molecule has 8 heteroatoms. The van der Waals surface area contributed by atoms with Gasteiger partial charge in [-0.05, 0) is 40.1 Å². The van der Waals surface area contributed by atoms with Crippen LogP contribution in [0.2, 0.25) is 10.0 Å². The Balaban J connectivity index is 1.88. The van der Waals surface area contributed by atoms with Crippen LogP contribution in [0.5, 0.6) is 5.88 Å². The van der Waals surface area contributed by atoms with Gasteiger partial charge < -0.3 is 15.0 Å². The highest BCUT2D eigenvalue weighted by molar-refractivity contribution is 6.42. The van der Waals surface area contributed by atoms with Crippen molar-refractivity contribution in [2.75, 3.05) is 45.7 Å². The first-order valence-corrected chi connectivity index (χ1v) is 9.54. The minimum Gasteiger partial charge on any atom is -0.473 e. The van der Waals surface area contributed by atoms with Gasteiger partial charge in [0.15, 0.2) is 5.82 Å². The van der Waals surface area contributed by atoms with Crippen molar-refractivity contribution in [1.82, 2.24) is 19.8 Å². The topological polar surface area (TPSA) is 53.5 Å². The minimum atomic E-state index is 0.204. The van der Waals surface area contributed by atoms with Crippen LogP contribution < -0.4 is 10.1 Å². The van der Waals surface area contributed by atoms with E-state index in [9.17, 15) is 0 Å². The lowest BCUT2D eigenvalue weighted by atomic mass is 10.2. The molecule has 1 N–H and O–H groups in total. The molecule has 0 saturated carbocycles. The van der Waals surface area contributed by atoms with E-state index in [4.69, 9.17) is 27.9 Å². The van der Waals surface area contributed by atoms with Crippen molar-refractivity contribution in [2.45, 2.75) is 25.9 Å². The smallest absolute Gasteiger partial charge is 0.258 e. The Morgan fingerprint density at radius 3 is 2.46 bits per heavy atom. The standard InChI is InChI=1S/C18H25Cl2N5O/c1-11(2)21-17-18(26-10-12-9-24(3)5-6-25(12)4)23-16-8-14(20)13(19)7-15(16)22-17/h7-8,11-12H,5-6,9-10H2,1-4H3,(H,21,22). The Bertz CT molecular complexity index is 786. The summed E-state index contributed by atoms with van der Waals surface area (Å²) in [4.78, 5) is 13.9. The first-order valence-electron chi connectivity index (χ1n) is 8.78. The van der Waals surface area contributed by atoms with Crippen molar-refractivity contribution < 1.29 is 4.74 Å². The lowest BCUT2D eigenvalue weighted by Crippen LogP contribution is -2.52. The van der Waals surface area contributed by atoms with Gasteiger partial charge in [0.2, 0.25) is 0 Å². The Kier molecular flexibility index (Phi) is 6.07. The van der Waals surface area contributed by atoms with E-state index in [1.165, 1.54) is 0 Å². The molecule has 2 aromatic rings. The van der Waals surface area contributed by atoms with E-state index < -0.39 is 0 Å². The van der Waals surface area contributed by atoms with E-state index in [2.05, 4.69) is 39.2 Å². The third-order valence-electron chi connectivity index (χ3n) is 4.49. The number of hydrogen-bond acceptors (Lipinski definition) is 6. The van der Waals surface area contributed by atoms with Crippen LogP contribution in [0, 0.1) is 0 Å². The van der Waals surface area contributed by atoms with Gasteiger partial charge in [-0.2, -0.15) is 0 Å². The summed E-state index contributed by atoms with van der Waals surface area (Å²) in [6.45, 7) is 7.71. The summed E-state index contributed by atoms with van der Waals surface area (Å²) < 4.78 is 6.09. The highest BCUT2D eigenvalue weighted by Crippen LogP contribution is 2.30. The number of piperazine rings is 1. The molecule has 3 rings (SSSR count). The average Bonchev–Trinajstić information content (AvgIpc) is 2.57. The number of anilines is 1. The maximum atomic E-state index is 6.13. The molecule has 1 saturated heterocycles. The van der Waals surface area contributed by atoms with E-state index in [0.29, 0.717) is 45.4 Å². The molecule has 1 aromatic heterocycles. The number of nitrogens with one attached hydrogen (secondary N) is 1. The fourth-order valence-corrected chi connectivity index (χ4v) is 3.28. The molecule has 1 fully saturated rings. The van der Waals surface area contributed by atoms with Gasteiger partial charge in [-0.1, -0.05) is 23.2 Å². The number of halogens is 2. The molecule has 1 aromatic carbocycles. The third-order valence-corrected chi connectivity index (χ3v) is 5.21. The summed E-state index contributed by atoms with van der Waals surface area (Å²) in [6, 6.07) is 3.96. The number of aromatic nitrogens is 2. The van der Waals surface area contributed by atoms with Gasteiger partial charge in [-0.25, -0.2) is 9.97 Å². The fourth-order valence-electron chi connectivity index (χ4n) is 2.96. The van der Waals surface area contributed by atoms with E-state index in [0.717, 1.165) is 19.6 Å². The van der Waals surface area contributed by atoms with E-state index in [-0.39, 0.29) is 6.04 Å². The molecule has 26 heavy (non-hydrogen) atoms. The molecule has 0 aliphatic carbocycles. The quantitative estimate of drug-likeness (QED) is 0.834. The molecule has 0 spiro atoms.